The minimum atomic E-state index is 0.733. The van der Waals surface area contributed by atoms with Crippen LogP contribution in [0.3, 0.4) is 0 Å². The van der Waals surface area contributed by atoms with Gasteiger partial charge in [-0.3, -0.25) is 0 Å². The van der Waals surface area contributed by atoms with E-state index >= 15 is 0 Å². The molecule has 0 bridgehead atoms. The fraction of sp³-hybridized carbons (Fsp3) is 0.438. The van der Waals surface area contributed by atoms with Crippen LogP contribution in [0.4, 0.5) is 0 Å². The minimum Gasteiger partial charge on any atom is -0.330 e. The van der Waals surface area contributed by atoms with Crippen molar-refractivity contribution in [1.82, 2.24) is 4.98 Å². The van der Waals surface area contributed by atoms with Gasteiger partial charge >= 0.3 is 0 Å². The first-order chi connectivity index (χ1) is 9.04. The maximum Gasteiger partial charge on any atom is 0.0933 e. The Kier molecular flexibility index (Phi) is 4.38. The predicted octanol–water partition coefficient (Wildman–Crippen LogP) is 3.94. The van der Waals surface area contributed by atoms with Gasteiger partial charge in [-0.15, -0.1) is 11.3 Å². The zero-order chi connectivity index (χ0) is 14.0. The molecular weight excluding hydrogens is 252 g/mol. The van der Waals surface area contributed by atoms with Crippen molar-refractivity contribution in [2.45, 2.75) is 40.5 Å². The summed E-state index contributed by atoms with van der Waals surface area (Å²) in [6.45, 7) is 9.46. The number of nitrogens with two attached hydrogens (primary N) is 1. The van der Waals surface area contributed by atoms with Gasteiger partial charge < -0.3 is 5.73 Å². The molecule has 1 heterocycles. The van der Waals surface area contributed by atoms with E-state index in [9.17, 15) is 0 Å². The molecule has 0 unspecified atom stereocenters. The lowest BCUT2D eigenvalue weighted by Crippen LogP contribution is -2.00. The number of rotatable bonds is 4. The van der Waals surface area contributed by atoms with E-state index in [-0.39, 0.29) is 0 Å². The van der Waals surface area contributed by atoms with E-state index < -0.39 is 0 Å². The molecule has 0 aliphatic heterocycles. The average Bonchev–Trinajstić information content (AvgIpc) is 2.83. The molecule has 0 saturated heterocycles. The van der Waals surface area contributed by atoms with Crippen molar-refractivity contribution in [2.24, 2.45) is 5.73 Å². The van der Waals surface area contributed by atoms with Crippen LogP contribution in [-0.4, -0.2) is 11.5 Å². The van der Waals surface area contributed by atoms with Gasteiger partial charge in [-0.25, -0.2) is 4.98 Å². The van der Waals surface area contributed by atoms with Gasteiger partial charge in [0.25, 0.3) is 0 Å². The van der Waals surface area contributed by atoms with E-state index in [0.29, 0.717) is 0 Å². The lowest BCUT2D eigenvalue weighted by molar-refractivity contribution is 0.826. The molecule has 0 fully saturated rings. The molecule has 0 atom stereocenters. The molecular formula is C16H22N2S. The zero-order valence-electron chi connectivity index (χ0n) is 12.2. The zero-order valence-corrected chi connectivity index (χ0v) is 13.0. The molecule has 3 heteroatoms. The summed E-state index contributed by atoms with van der Waals surface area (Å²) in [4.78, 5) is 4.78. The van der Waals surface area contributed by atoms with Crippen molar-refractivity contribution >= 4 is 11.3 Å². The van der Waals surface area contributed by atoms with Crippen molar-refractivity contribution in [2.75, 3.05) is 6.54 Å². The SMILES string of the molecule is Cc1cc(C)c(C)c(-c2csc(CCCN)n2)c1C. The normalized spacial score (nSPS) is 11.0. The second kappa shape index (κ2) is 5.85. The van der Waals surface area contributed by atoms with Gasteiger partial charge in [0.15, 0.2) is 0 Å². The van der Waals surface area contributed by atoms with Crippen LogP contribution >= 0.6 is 11.3 Å². The maximum absolute atomic E-state index is 5.56. The topological polar surface area (TPSA) is 38.9 Å². The van der Waals surface area contributed by atoms with E-state index in [1.807, 2.05) is 0 Å². The van der Waals surface area contributed by atoms with Crippen LogP contribution in [-0.2, 0) is 6.42 Å². The Morgan fingerprint density at radius 1 is 1.11 bits per heavy atom. The van der Waals surface area contributed by atoms with E-state index in [1.54, 1.807) is 11.3 Å². The number of nitrogens with zero attached hydrogens (tertiary/aromatic N) is 1. The number of aromatic nitrogens is 1. The molecule has 2 rings (SSSR count). The minimum absolute atomic E-state index is 0.733. The highest BCUT2D eigenvalue weighted by Crippen LogP contribution is 2.32. The molecule has 0 aliphatic rings. The van der Waals surface area contributed by atoms with Crippen molar-refractivity contribution in [3.8, 4) is 11.3 Å². The number of thiazole rings is 1. The van der Waals surface area contributed by atoms with Gasteiger partial charge in [-0.1, -0.05) is 6.07 Å². The second-order valence-electron chi connectivity index (χ2n) is 5.15. The van der Waals surface area contributed by atoms with Crippen LogP contribution in [0, 0.1) is 27.7 Å². The summed E-state index contributed by atoms with van der Waals surface area (Å²) >= 11 is 1.75. The molecule has 1 aromatic carbocycles. The van der Waals surface area contributed by atoms with Crippen LogP contribution in [0.1, 0.15) is 33.7 Å². The first-order valence-corrected chi connectivity index (χ1v) is 7.64. The maximum atomic E-state index is 5.56. The van der Waals surface area contributed by atoms with Gasteiger partial charge in [0.05, 0.1) is 10.7 Å². The number of aryl methyl sites for hydroxylation is 3. The van der Waals surface area contributed by atoms with Crippen LogP contribution in [0.15, 0.2) is 11.4 Å². The Hall–Kier alpha value is -1.19. The first-order valence-electron chi connectivity index (χ1n) is 6.76. The monoisotopic (exact) mass is 274 g/mol. The molecule has 0 saturated carbocycles. The third kappa shape index (κ3) is 2.88. The van der Waals surface area contributed by atoms with Crippen molar-refractivity contribution in [3.05, 3.63) is 38.7 Å². The molecule has 0 radical (unpaired) electrons. The lowest BCUT2D eigenvalue weighted by atomic mass is 9.93. The lowest BCUT2D eigenvalue weighted by Gasteiger charge is -2.13. The van der Waals surface area contributed by atoms with Gasteiger partial charge in [0.2, 0.25) is 0 Å². The van der Waals surface area contributed by atoms with E-state index in [1.165, 1.54) is 32.8 Å². The molecule has 2 N–H and O–H groups in total. The molecule has 19 heavy (non-hydrogen) atoms. The second-order valence-corrected chi connectivity index (χ2v) is 6.10. The predicted molar refractivity (Wildman–Crippen MR) is 83.9 cm³/mol. The Morgan fingerprint density at radius 3 is 2.32 bits per heavy atom. The highest BCUT2D eigenvalue weighted by molar-refractivity contribution is 7.09. The van der Waals surface area contributed by atoms with Crippen LogP contribution in [0.5, 0.6) is 0 Å². The summed E-state index contributed by atoms with van der Waals surface area (Å²) in [6, 6.07) is 2.26. The molecule has 1 aromatic heterocycles. The van der Waals surface area contributed by atoms with Gasteiger partial charge in [-0.05, 0) is 62.9 Å². The van der Waals surface area contributed by atoms with Crippen molar-refractivity contribution < 1.29 is 0 Å². The number of hydrogen-bond acceptors (Lipinski definition) is 3. The smallest absolute Gasteiger partial charge is 0.0933 e. The fourth-order valence-electron chi connectivity index (χ4n) is 2.39. The molecule has 102 valence electrons. The highest BCUT2D eigenvalue weighted by Gasteiger charge is 2.13. The Labute approximate surface area is 119 Å². The van der Waals surface area contributed by atoms with E-state index in [2.05, 4.69) is 39.1 Å². The van der Waals surface area contributed by atoms with Gasteiger partial charge in [0, 0.05) is 17.4 Å². The summed E-state index contributed by atoms with van der Waals surface area (Å²) in [5.74, 6) is 0. The summed E-state index contributed by atoms with van der Waals surface area (Å²) in [5, 5.41) is 3.37. The summed E-state index contributed by atoms with van der Waals surface area (Å²) < 4.78 is 0. The van der Waals surface area contributed by atoms with Gasteiger partial charge in [-0.2, -0.15) is 0 Å². The average molecular weight is 274 g/mol. The van der Waals surface area contributed by atoms with Crippen LogP contribution in [0.2, 0.25) is 0 Å². The van der Waals surface area contributed by atoms with Crippen molar-refractivity contribution in [3.63, 3.8) is 0 Å². The highest BCUT2D eigenvalue weighted by atomic mass is 32.1. The van der Waals surface area contributed by atoms with Crippen molar-refractivity contribution in [1.29, 1.82) is 0 Å². The standard InChI is InChI=1S/C16H22N2S/c1-10-8-11(2)13(4)16(12(10)3)14-9-19-15(18-14)6-5-7-17/h8-9H,5-7,17H2,1-4H3. The fourth-order valence-corrected chi connectivity index (χ4v) is 3.23. The van der Waals surface area contributed by atoms with E-state index in [0.717, 1.165) is 25.1 Å². The van der Waals surface area contributed by atoms with E-state index in [4.69, 9.17) is 10.7 Å². The quantitative estimate of drug-likeness (QED) is 0.917. The molecule has 0 spiro atoms. The molecule has 2 aromatic rings. The third-order valence-electron chi connectivity index (χ3n) is 3.77. The van der Waals surface area contributed by atoms with Crippen LogP contribution < -0.4 is 5.73 Å². The van der Waals surface area contributed by atoms with Gasteiger partial charge in [0.1, 0.15) is 0 Å². The molecule has 0 amide bonds. The largest absolute Gasteiger partial charge is 0.330 e. The van der Waals surface area contributed by atoms with Crippen LogP contribution in [0.25, 0.3) is 11.3 Å². The Bertz CT molecular complexity index is 558. The first kappa shape index (κ1) is 14.2. The molecule has 0 aliphatic carbocycles. The number of benzene rings is 1. The number of hydrogen-bond donors (Lipinski definition) is 1. The summed E-state index contributed by atoms with van der Waals surface area (Å²) in [6.07, 6.45) is 2.00. The Balaban J connectivity index is 2.44. The summed E-state index contributed by atoms with van der Waals surface area (Å²) in [5.41, 5.74) is 13.4. The Morgan fingerprint density at radius 2 is 1.74 bits per heavy atom. The molecule has 2 nitrogen and oxygen atoms in total. The third-order valence-corrected chi connectivity index (χ3v) is 4.68. The summed E-state index contributed by atoms with van der Waals surface area (Å²) in [7, 11) is 0.